The Hall–Kier alpha value is -1.61. The van der Waals surface area contributed by atoms with E-state index in [0.29, 0.717) is 10.9 Å². The molecule has 0 bridgehead atoms. The summed E-state index contributed by atoms with van der Waals surface area (Å²) in [6.07, 6.45) is 1.68. The number of hydrogen-bond acceptors (Lipinski definition) is 2. The Morgan fingerprint density at radius 3 is 2.93 bits per heavy atom. The predicted octanol–water partition coefficient (Wildman–Crippen LogP) is 1.30. The molecule has 0 spiro atoms. The third-order valence-electron chi connectivity index (χ3n) is 2.33. The van der Waals surface area contributed by atoms with E-state index in [2.05, 4.69) is 4.98 Å². The van der Waals surface area contributed by atoms with Crippen LogP contribution in [0.5, 0.6) is 0 Å². The summed E-state index contributed by atoms with van der Waals surface area (Å²) in [5, 5.41) is 0.716. The lowest BCUT2D eigenvalue weighted by Gasteiger charge is -2.01. The minimum atomic E-state index is 0.0324. The average molecular weight is 188 g/mol. The first-order valence-electron chi connectivity index (χ1n) is 4.53. The molecule has 72 valence electrons. The van der Waals surface area contributed by atoms with Gasteiger partial charge in [-0.15, -0.1) is 0 Å². The highest BCUT2D eigenvalue weighted by Crippen LogP contribution is 2.09. The first-order chi connectivity index (χ1) is 6.72. The number of aromatic amines is 1. The number of nitrogens with one attached hydrogen (secondary N) is 1. The lowest BCUT2D eigenvalue weighted by Crippen LogP contribution is -2.13. The van der Waals surface area contributed by atoms with Crippen molar-refractivity contribution in [1.82, 2.24) is 4.98 Å². The van der Waals surface area contributed by atoms with E-state index in [4.69, 9.17) is 5.73 Å². The van der Waals surface area contributed by atoms with Crippen molar-refractivity contribution in [3.05, 3.63) is 45.7 Å². The molecule has 2 aromatic rings. The van der Waals surface area contributed by atoms with Crippen molar-refractivity contribution < 1.29 is 0 Å². The van der Waals surface area contributed by atoms with Crippen molar-refractivity contribution in [2.75, 3.05) is 0 Å². The second-order valence-electron chi connectivity index (χ2n) is 3.40. The Morgan fingerprint density at radius 1 is 1.43 bits per heavy atom. The van der Waals surface area contributed by atoms with E-state index in [1.807, 2.05) is 25.1 Å². The first kappa shape index (κ1) is 8.97. The summed E-state index contributed by atoms with van der Waals surface area (Å²) in [6.45, 7) is 2.24. The van der Waals surface area contributed by atoms with Gasteiger partial charge in [-0.3, -0.25) is 4.79 Å². The number of nitrogens with two attached hydrogens (primary N) is 1. The number of pyridine rings is 1. The van der Waals surface area contributed by atoms with Crippen LogP contribution in [0.4, 0.5) is 0 Å². The van der Waals surface area contributed by atoms with Crippen LogP contribution in [0.2, 0.25) is 0 Å². The summed E-state index contributed by atoms with van der Waals surface area (Å²) >= 11 is 0. The molecule has 3 N–H and O–H groups in total. The van der Waals surface area contributed by atoms with Crippen LogP contribution in [0.15, 0.2) is 29.2 Å². The third kappa shape index (κ3) is 1.32. The van der Waals surface area contributed by atoms with Gasteiger partial charge in [0, 0.05) is 29.2 Å². The molecular formula is C11H12N2O. The molecule has 0 amide bonds. The Morgan fingerprint density at radius 2 is 2.21 bits per heavy atom. The predicted molar refractivity (Wildman–Crippen MR) is 57.2 cm³/mol. The smallest absolute Gasteiger partial charge is 0.193 e. The molecule has 2 rings (SSSR count). The van der Waals surface area contributed by atoms with E-state index in [-0.39, 0.29) is 12.0 Å². The highest BCUT2D eigenvalue weighted by molar-refractivity contribution is 5.79. The molecule has 3 heteroatoms. The molecule has 0 atom stereocenters. The molecule has 0 aliphatic carbocycles. The van der Waals surface area contributed by atoms with Crippen LogP contribution >= 0.6 is 0 Å². The van der Waals surface area contributed by atoms with Gasteiger partial charge in [-0.05, 0) is 19.1 Å². The molecule has 0 radical (unpaired) electrons. The minimum Gasteiger partial charge on any atom is -0.361 e. The molecule has 1 heterocycles. The van der Waals surface area contributed by atoms with Crippen molar-refractivity contribution >= 4 is 10.9 Å². The van der Waals surface area contributed by atoms with E-state index in [0.717, 1.165) is 11.1 Å². The maximum atomic E-state index is 11.8. The average Bonchev–Trinajstić information content (AvgIpc) is 2.20. The van der Waals surface area contributed by atoms with Gasteiger partial charge in [-0.2, -0.15) is 0 Å². The van der Waals surface area contributed by atoms with E-state index in [1.54, 1.807) is 6.20 Å². The van der Waals surface area contributed by atoms with Gasteiger partial charge in [0.2, 0.25) is 0 Å². The number of benzene rings is 1. The van der Waals surface area contributed by atoms with Crippen molar-refractivity contribution in [2.45, 2.75) is 13.5 Å². The summed E-state index contributed by atoms with van der Waals surface area (Å²) in [6, 6.07) is 5.76. The molecule has 0 unspecified atom stereocenters. The Kier molecular flexibility index (Phi) is 2.09. The second-order valence-corrected chi connectivity index (χ2v) is 3.40. The maximum absolute atomic E-state index is 11.8. The monoisotopic (exact) mass is 188 g/mol. The van der Waals surface area contributed by atoms with E-state index in [9.17, 15) is 4.79 Å². The Balaban J connectivity index is 2.87. The summed E-state index contributed by atoms with van der Waals surface area (Å²) in [5.41, 5.74) is 8.06. The van der Waals surface area contributed by atoms with Crippen molar-refractivity contribution in [3.63, 3.8) is 0 Å². The topological polar surface area (TPSA) is 58.9 Å². The largest absolute Gasteiger partial charge is 0.361 e. The van der Waals surface area contributed by atoms with Crippen LogP contribution in [0.25, 0.3) is 10.9 Å². The summed E-state index contributed by atoms with van der Waals surface area (Å²) in [7, 11) is 0. The first-order valence-corrected chi connectivity index (χ1v) is 4.53. The van der Waals surface area contributed by atoms with Gasteiger partial charge in [-0.25, -0.2) is 0 Å². The molecule has 3 nitrogen and oxygen atoms in total. The number of aryl methyl sites for hydroxylation is 1. The van der Waals surface area contributed by atoms with Crippen LogP contribution in [-0.4, -0.2) is 4.98 Å². The zero-order valence-corrected chi connectivity index (χ0v) is 8.00. The van der Waals surface area contributed by atoms with Gasteiger partial charge < -0.3 is 10.7 Å². The van der Waals surface area contributed by atoms with Gasteiger partial charge >= 0.3 is 0 Å². The standard InChI is InChI=1S/C11H12N2O/c1-7-2-3-10-9(4-7)11(14)8(5-12)6-13-10/h2-4,6H,5,12H2,1H3,(H,13,14). The number of fused-ring (bicyclic) bond motifs is 1. The molecule has 1 aromatic carbocycles. The van der Waals surface area contributed by atoms with Crippen LogP contribution in [0, 0.1) is 6.92 Å². The normalized spacial score (nSPS) is 10.7. The molecule has 0 aliphatic heterocycles. The van der Waals surface area contributed by atoms with Gasteiger partial charge in [0.05, 0.1) is 0 Å². The number of H-pyrrole nitrogens is 1. The fourth-order valence-corrected chi connectivity index (χ4v) is 1.53. The van der Waals surface area contributed by atoms with E-state index >= 15 is 0 Å². The van der Waals surface area contributed by atoms with Crippen molar-refractivity contribution in [2.24, 2.45) is 5.73 Å². The molecule has 14 heavy (non-hydrogen) atoms. The van der Waals surface area contributed by atoms with Crippen molar-refractivity contribution in [1.29, 1.82) is 0 Å². The van der Waals surface area contributed by atoms with Gasteiger partial charge in [0.15, 0.2) is 5.43 Å². The summed E-state index contributed by atoms with van der Waals surface area (Å²) in [5.74, 6) is 0. The highest BCUT2D eigenvalue weighted by Gasteiger charge is 2.02. The van der Waals surface area contributed by atoms with Gasteiger partial charge in [0.1, 0.15) is 0 Å². The van der Waals surface area contributed by atoms with Crippen molar-refractivity contribution in [3.8, 4) is 0 Å². The zero-order chi connectivity index (χ0) is 10.1. The molecule has 0 saturated heterocycles. The number of aromatic nitrogens is 1. The number of hydrogen-bond donors (Lipinski definition) is 2. The van der Waals surface area contributed by atoms with Crippen LogP contribution in [-0.2, 0) is 6.54 Å². The Bertz CT molecular complexity index is 528. The highest BCUT2D eigenvalue weighted by atomic mass is 16.1. The minimum absolute atomic E-state index is 0.0324. The summed E-state index contributed by atoms with van der Waals surface area (Å²) < 4.78 is 0. The molecular weight excluding hydrogens is 176 g/mol. The fraction of sp³-hybridized carbons (Fsp3) is 0.182. The van der Waals surface area contributed by atoms with Crippen LogP contribution in [0.1, 0.15) is 11.1 Å². The Labute approximate surface area is 81.6 Å². The quantitative estimate of drug-likeness (QED) is 0.708. The van der Waals surface area contributed by atoms with E-state index < -0.39 is 0 Å². The molecule has 0 fully saturated rings. The molecule has 1 aromatic heterocycles. The van der Waals surface area contributed by atoms with Crippen LogP contribution < -0.4 is 11.2 Å². The zero-order valence-electron chi connectivity index (χ0n) is 8.00. The lowest BCUT2D eigenvalue weighted by molar-refractivity contribution is 1.04. The molecule has 0 saturated carbocycles. The molecule has 0 aliphatic rings. The van der Waals surface area contributed by atoms with Gasteiger partial charge in [-0.1, -0.05) is 11.6 Å². The second kappa shape index (κ2) is 3.27. The summed E-state index contributed by atoms with van der Waals surface area (Å²) in [4.78, 5) is 14.9. The number of rotatable bonds is 1. The van der Waals surface area contributed by atoms with Crippen LogP contribution in [0.3, 0.4) is 0 Å². The SMILES string of the molecule is Cc1ccc2[nH]cc(CN)c(=O)c2c1. The third-order valence-corrected chi connectivity index (χ3v) is 2.33. The maximum Gasteiger partial charge on any atom is 0.193 e. The van der Waals surface area contributed by atoms with Gasteiger partial charge in [0.25, 0.3) is 0 Å². The fourth-order valence-electron chi connectivity index (χ4n) is 1.53. The van der Waals surface area contributed by atoms with E-state index in [1.165, 1.54) is 0 Å². The lowest BCUT2D eigenvalue weighted by atomic mass is 10.1.